The lowest BCUT2D eigenvalue weighted by Gasteiger charge is -2.21. The van der Waals surface area contributed by atoms with E-state index in [4.69, 9.17) is 10.2 Å². The van der Waals surface area contributed by atoms with Crippen LogP contribution in [0.1, 0.15) is 38.5 Å². The summed E-state index contributed by atoms with van der Waals surface area (Å²) in [5, 5.41) is 17.4. The van der Waals surface area contributed by atoms with Crippen molar-refractivity contribution in [1.29, 1.82) is 0 Å². The second-order valence-electron chi connectivity index (χ2n) is 6.49. The van der Waals surface area contributed by atoms with Crippen molar-refractivity contribution in [2.45, 2.75) is 56.7 Å². The zero-order valence-electron chi connectivity index (χ0n) is 12.9. The standard InChI is InChI=1S/C9H15NO2.C6H11NO2/c1-10-7-4-2-3-6(7)5-8(10)9(11)12;1-7-4-2-3-5(7)6(8)9/h6-8H,2-5H2,1H3,(H,11,12);5H,2-4H2,1H3,(H,8,9). The van der Waals surface area contributed by atoms with Gasteiger partial charge in [-0.1, -0.05) is 6.42 Å². The summed E-state index contributed by atoms with van der Waals surface area (Å²) < 4.78 is 0. The summed E-state index contributed by atoms with van der Waals surface area (Å²) >= 11 is 0. The van der Waals surface area contributed by atoms with Gasteiger partial charge in [0, 0.05) is 6.04 Å². The average molecular weight is 298 g/mol. The molecule has 1 saturated carbocycles. The molecule has 120 valence electrons. The van der Waals surface area contributed by atoms with Crippen molar-refractivity contribution in [3.63, 3.8) is 0 Å². The number of carboxylic acids is 2. The summed E-state index contributed by atoms with van der Waals surface area (Å²) in [5.41, 5.74) is 0. The van der Waals surface area contributed by atoms with Gasteiger partial charge in [0.25, 0.3) is 0 Å². The molecule has 0 spiro atoms. The predicted octanol–water partition coefficient (Wildman–Crippen LogP) is 1.11. The molecular formula is C15H26N2O4. The summed E-state index contributed by atoms with van der Waals surface area (Å²) in [6, 6.07) is 0.136. The van der Waals surface area contributed by atoms with Gasteiger partial charge in [-0.25, -0.2) is 0 Å². The van der Waals surface area contributed by atoms with Gasteiger partial charge in [0.05, 0.1) is 0 Å². The van der Waals surface area contributed by atoms with Crippen LogP contribution in [0.15, 0.2) is 0 Å². The van der Waals surface area contributed by atoms with Crippen molar-refractivity contribution >= 4 is 11.9 Å². The molecule has 3 aliphatic rings. The Morgan fingerprint density at radius 1 is 0.952 bits per heavy atom. The molecule has 0 aromatic rings. The largest absolute Gasteiger partial charge is 0.480 e. The third kappa shape index (κ3) is 3.55. The van der Waals surface area contributed by atoms with Gasteiger partial charge in [-0.2, -0.15) is 0 Å². The molecule has 2 saturated heterocycles. The van der Waals surface area contributed by atoms with E-state index in [2.05, 4.69) is 4.90 Å². The zero-order valence-corrected chi connectivity index (χ0v) is 12.9. The first kappa shape index (κ1) is 16.2. The lowest BCUT2D eigenvalue weighted by molar-refractivity contribution is -0.142. The molecule has 2 heterocycles. The molecule has 3 rings (SSSR count). The number of carboxylic acid groups (broad SMARTS) is 2. The number of carbonyl (C=O) groups is 2. The number of aliphatic carboxylic acids is 2. The Labute approximate surface area is 125 Å². The van der Waals surface area contributed by atoms with Gasteiger partial charge >= 0.3 is 11.9 Å². The minimum atomic E-state index is -0.685. The molecule has 0 radical (unpaired) electrons. The number of likely N-dealkylation sites (N-methyl/N-ethyl adjacent to an activating group) is 2. The monoisotopic (exact) mass is 298 g/mol. The van der Waals surface area contributed by atoms with Crippen LogP contribution in [0.3, 0.4) is 0 Å². The van der Waals surface area contributed by atoms with E-state index in [1.165, 1.54) is 19.3 Å². The maximum Gasteiger partial charge on any atom is 0.320 e. The fraction of sp³-hybridized carbons (Fsp3) is 0.867. The molecule has 2 N–H and O–H groups in total. The summed E-state index contributed by atoms with van der Waals surface area (Å²) in [6.45, 7) is 0.928. The lowest BCUT2D eigenvalue weighted by Crippen LogP contribution is -2.37. The molecule has 3 fully saturated rings. The molecular weight excluding hydrogens is 272 g/mol. The SMILES string of the molecule is CN1C(C(=O)O)CC2CCCC21.CN1CCCC1C(=O)O. The molecule has 0 aromatic heterocycles. The maximum atomic E-state index is 10.8. The van der Waals surface area contributed by atoms with Crippen LogP contribution >= 0.6 is 0 Å². The molecule has 0 amide bonds. The van der Waals surface area contributed by atoms with Gasteiger partial charge in [0.15, 0.2) is 0 Å². The van der Waals surface area contributed by atoms with E-state index in [1.807, 2.05) is 19.0 Å². The Kier molecular flexibility index (Phi) is 5.22. The fourth-order valence-corrected chi connectivity index (χ4v) is 4.01. The van der Waals surface area contributed by atoms with Crippen molar-refractivity contribution in [3.05, 3.63) is 0 Å². The Morgan fingerprint density at radius 2 is 1.62 bits per heavy atom. The van der Waals surface area contributed by atoms with Crippen molar-refractivity contribution in [1.82, 2.24) is 9.80 Å². The minimum Gasteiger partial charge on any atom is -0.480 e. The fourth-order valence-electron chi connectivity index (χ4n) is 4.01. The Hall–Kier alpha value is -1.14. The molecule has 4 atom stereocenters. The van der Waals surface area contributed by atoms with E-state index in [-0.39, 0.29) is 12.1 Å². The summed E-state index contributed by atoms with van der Waals surface area (Å²) in [5.74, 6) is -0.669. The van der Waals surface area contributed by atoms with E-state index in [0.29, 0.717) is 12.0 Å². The highest BCUT2D eigenvalue weighted by atomic mass is 16.4. The first-order chi connectivity index (χ1) is 9.91. The van der Waals surface area contributed by atoms with Crippen LogP contribution in [-0.2, 0) is 9.59 Å². The molecule has 0 aromatic carbocycles. The van der Waals surface area contributed by atoms with E-state index in [0.717, 1.165) is 25.8 Å². The van der Waals surface area contributed by atoms with Crippen LogP contribution in [0.2, 0.25) is 0 Å². The van der Waals surface area contributed by atoms with Gasteiger partial charge in [0.1, 0.15) is 12.1 Å². The van der Waals surface area contributed by atoms with E-state index in [1.54, 1.807) is 0 Å². The summed E-state index contributed by atoms with van der Waals surface area (Å²) in [7, 11) is 3.81. The van der Waals surface area contributed by atoms with Crippen LogP contribution < -0.4 is 0 Å². The molecule has 4 unspecified atom stereocenters. The van der Waals surface area contributed by atoms with Crippen LogP contribution in [0, 0.1) is 5.92 Å². The van der Waals surface area contributed by atoms with Gasteiger partial charge < -0.3 is 10.2 Å². The highest BCUT2D eigenvalue weighted by molar-refractivity contribution is 5.74. The van der Waals surface area contributed by atoms with Crippen molar-refractivity contribution < 1.29 is 19.8 Å². The number of hydrogen-bond acceptors (Lipinski definition) is 4. The van der Waals surface area contributed by atoms with Crippen molar-refractivity contribution in [3.8, 4) is 0 Å². The van der Waals surface area contributed by atoms with E-state index in [9.17, 15) is 9.59 Å². The predicted molar refractivity (Wildman–Crippen MR) is 78.2 cm³/mol. The lowest BCUT2D eigenvalue weighted by atomic mass is 10.0. The molecule has 2 aliphatic heterocycles. The number of likely N-dealkylation sites (tertiary alicyclic amines) is 2. The number of hydrogen-bond donors (Lipinski definition) is 2. The van der Waals surface area contributed by atoms with E-state index < -0.39 is 11.9 Å². The number of fused-ring (bicyclic) bond motifs is 1. The Morgan fingerprint density at radius 3 is 2.05 bits per heavy atom. The normalized spacial score (nSPS) is 36.1. The van der Waals surface area contributed by atoms with Crippen LogP contribution in [-0.4, -0.2) is 70.7 Å². The third-order valence-corrected chi connectivity index (χ3v) is 5.25. The topological polar surface area (TPSA) is 81.1 Å². The molecule has 0 bridgehead atoms. The quantitative estimate of drug-likeness (QED) is 0.795. The second-order valence-corrected chi connectivity index (χ2v) is 6.49. The first-order valence-electron chi connectivity index (χ1n) is 7.79. The second kappa shape index (κ2) is 6.75. The van der Waals surface area contributed by atoms with Gasteiger partial charge in [-0.3, -0.25) is 19.4 Å². The molecule has 6 nitrogen and oxygen atoms in total. The zero-order chi connectivity index (χ0) is 15.6. The van der Waals surface area contributed by atoms with Crippen LogP contribution in [0.5, 0.6) is 0 Å². The van der Waals surface area contributed by atoms with Crippen molar-refractivity contribution in [2.75, 3.05) is 20.6 Å². The minimum absolute atomic E-state index is 0.208. The van der Waals surface area contributed by atoms with Gasteiger partial charge in [-0.15, -0.1) is 0 Å². The highest BCUT2D eigenvalue weighted by Crippen LogP contribution is 2.40. The third-order valence-electron chi connectivity index (χ3n) is 5.25. The molecule has 21 heavy (non-hydrogen) atoms. The number of nitrogens with zero attached hydrogens (tertiary/aromatic N) is 2. The maximum absolute atomic E-state index is 10.8. The van der Waals surface area contributed by atoms with Gasteiger partial charge in [-0.05, 0) is 58.7 Å². The summed E-state index contributed by atoms with van der Waals surface area (Å²) in [6.07, 6.45) is 6.42. The summed E-state index contributed by atoms with van der Waals surface area (Å²) in [4.78, 5) is 25.1. The van der Waals surface area contributed by atoms with E-state index >= 15 is 0 Å². The number of rotatable bonds is 2. The average Bonchev–Trinajstić information content (AvgIpc) is 3.08. The molecule has 6 heteroatoms. The van der Waals surface area contributed by atoms with Crippen LogP contribution in [0.25, 0.3) is 0 Å². The highest BCUT2D eigenvalue weighted by Gasteiger charge is 2.44. The van der Waals surface area contributed by atoms with Gasteiger partial charge in [0.2, 0.25) is 0 Å². The smallest absolute Gasteiger partial charge is 0.320 e. The molecule has 1 aliphatic carbocycles. The Bertz CT molecular complexity index is 401. The first-order valence-corrected chi connectivity index (χ1v) is 7.79. The Balaban J connectivity index is 0.000000161. The van der Waals surface area contributed by atoms with Crippen LogP contribution in [0.4, 0.5) is 0 Å². The van der Waals surface area contributed by atoms with Crippen molar-refractivity contribution in [2.24, 2.45) is 5.92 Å².